The molecule has 3 heteroatoms. The molecule has 0 saturated carbocycles. The van der Waals surface area contributed by atoms with Crippen LogP contribution in [0.1, 0.15) is 26.2 Å². The molecule has 74 valence electrons. The van der Waals surface area contributed by atoms with Crippen LogP contribution >= 0.6 is 11.8 Å². The van der Waals surface area contributed by atoms with Crippen molar-refractivity contribution in [2.45, 2.75) is 32.2 Å². The Morgan fingerprint density at radius 3 is 2.67 bits per heavy atom. The van der Waals surface area contributed by atoms with Crippen molar-refractivity contribution < 1.29 is 5.11 Å². The summed E-state index contributed by atoms with van der Waals surface area (Å²) < 4.78 is 0. The van der Waals surface area contributed by atoms with Crippen LogP contribution in [0.3, 0.4) is 0 Å². The number of rotatable bonds is 8. The van der Waals surface area contributed by atoms with E-state index in [1.807, 2.05) is 11.8 Å². The molecule has 0 bridgehead atoms. The SMILES string of the molecule is CC[C@@H](CO)NCCCCSC. The summed E-state index contributed by atoms with van der Waals surface area (Å²) in [5, 5.41) is 12.2. The zero-order valence-electron chi connectivity index (χ0n) is 8.18. The van der Waals surface area contributed by atoms with Gasteiger partial charge in [0.2, 0.25) is 0 Å². The zero-order valence-corrected chi connectivity index (χ0v) is 8.99. The minimum absolute atomic E-state index is 0.263. The molecule has 0 saturated heterocycles. The van der Waals surface area contributed by atoms with Gasteiger partial charge in [0.15, 0.2) is 0 Å². The molecule has 0 aliphatic carbocycles. The number of hydrogen-bond acceptors (Lipinski definition) is 3. The molecule has 1 atom stereocenters. The Labute approximate surface area is 80.1 Å². The first-order chi connectivity index (χ1) is 5.85. The van der Waals surface area contributed by atoms with Gasteiger partial charge in [-0.1, -0.05) is 6.92 Å². The van der Waals surface area contributed by atoms with Crippen LogP contribution in [-0.4, -0.2) is 36.3 Å². The Balaban J connectivity index is 3.06. The van der Waals surface area contributed by atoms with E-state index in [2.05, 4.69) is 18.5 Å². The number of aliphatic hydroxyl groups is 1. The normalized spacial score (nSPS) is 13.2. The van der Waals surface area contributed by atoms with Crippen LogP contribution in [0.4, 0.5) is 0 Å². The van der Waals surface area contributed by atoms with Crippen molar-refractivity contribution in [3.05, 3.63) is 0 Å². The van der Waals surface area contributed by atoms with Crippen molar-refractivity contribution in [3.63, 3.8) is 0 Å². The Morgan fingerprint density at radius 2 is 2.17 bits per heavy atom. The number of hydrogen-bond donors (Lipinski definition) is 2. The van der Waals surface area contributed by atoms with Gasteiger partial charge in [-0.25, -0.2) is 0 Å². The van der Waals surface area contributed by atoms with Gasteiger partial charge in [-0.2, -0.15) is 11.8 Å². The van der Waals surface area contributed by atoms with Crippen molar-refractivity contribution in [2.75, 3.05) is 25.2 Å². The molecule has 0 aromatic rings. The molecule has 0 spiro atoms. The van der Waals surface area contributed by atoms with Gasteiger partial charge < -0.3 is 10.4 Å². The van der Waals surface area contributed by atoms with Crippen LogP contribution in [-0.2, 0) is 0 Å². The lowest BCUT2D eigenvalue weighted by atomic mass is 10.2. The predicted octanol–water partition coefficient (Wildman–Crippen LogP) is 1.49. The summed E-state index contributed by atoms with van der Waals surface area (Å²) in [6.45, 7) is 3.40. The van der Waals surface area contributed by atoms with E-state index in [1.54, 1.807) is 0 Å². The summed E-state index contributed by atoms with van der Waals surface area (Å²) >= 11 is 1.89. The van der Waals surface area contributed by atoms with Gasteiger partial charge in [0.25, 0.3) is 0 Å². The summed E-state index contributed by atoms with van der Waals surface area (Å²) in [7, 11) is 0. The molecule has 0 rings (SSSR count). The van der Waals surface area contributed by atoms with E-state index in [0.717, 1.165) is 13.0 Å². The van der Waals surface area contributed by atoms with E-state index in [9.17, 15) is 0 Å². The molecule has 0 heterocycles. The van der Waals surface area contributed by atoms with Crippen molar-refractivity contribution in [1.29, 1.82) is 0 Å². The van der Waals surface area contributed by atoms with Crippen molar-refractivity contribution in [2.24, 2.45) is 0 Å². The molecule has 0 fully saturated rings. The van der Waals surface area contributed by atoms with Crippen LogP contribution in [0.15, 0.2) is 0 Å². The first kappa shape index (κ1) is 12.3. The minimum Gasteiger partial charge on any atom is -0.395 e. The summed E-state index contributed by atoms with van der Waals surface area (Å²) in [4.78, 5) is 0. The fraction of sp³-hybridized carbons (Fsp3) is 1.00. The molecule has 2 N–H and O–H groups in total. The van der Waals surface area contributed by atoms with Gasteiger partial charge in [0, 0.05) is 6.04 Å². The van der Waals surface area contributed by atoms with Gasteiger partial charge in [0.1, 0.15) is 0 Å². The maximum atomic E-state index is 8.86. The lowest BCUT2D eigenvalue weighted by Gasteiger charge is -2.13. The van der Waals surface area contributed by atoms with E-state index < -0.39 is 0 Å². The van der Waals surface area contributed by atoms with Gasteiger partial charge in [-0.15, -0.1) is 0 Å². The zero-order chi connectivity index (χ0) is 9.23. The maximum absolute atomic E-state index is 8.86. The van der Waals surface area contributed by atoms with Crippen LogP contribution in [0.25, 0.3) is 0 Å². The molecule has 0 amide bonds. The van der Waals surface area contributed by atoms with Crippen LogP contribution in [0, 0.1) is 0 Å². The van der Waals surface area contributed by atoms with Crippen LogP contribution in [0.2, 0.25) is 0 Å². The first-order valence-corrected chi connectivity index (χ1v) is 6.07. The van der Waals surface area contributed by atoms with Crippen molar-refractivity contribution in [3.8, 4) is 0 Å². The highest BCUT2D eigenvalue weighted by Crippen LogP contribution is 1.98. The van der Waals surface area contributed by atoms with Crippen LogP contribution in [0.5, 0.6) is 0 Å². The van der Waals surface area contributed by atoms with Crippen molar-refractivity contribution in [1.82, 2.24) is 5.32 Å². The topological polar surface area (TPSA) is 32.3 Å². The molecule has 12 heavy (non-hydrogen) atoms. The molecule has 0 aliphatic rings. The predicted molar refractivity (Wildman–Crippen MR) is 56.8 cm³/mol. The molecule has 0 unspecified atom stereocenters. The van der Waals surface area contributed by atoms with E-state index in [4.69, 9.17) is 5.11 Å². The van der Waals surface area contributed by atoms with Gasteiger partial charge in [-0.3, -0.25) is 0 Å². The van der Waals surface area contributed by atoms with E-state index >= 15 is 0 Å². The molecule has 0 aliphatic heterocycles. The third kappa shape index (κ3) is 6.95. The highest BCUT2D eigenvalue weighted by molar-refractivity contribution is 7.98. The lowest BCUT2D eigenvalue weighted by molar-refractivity contribution is 0.239. The second kappa shape index (κ2) is 9.36. The monoisotopic (exact) mass is 191 g/mol. The first-order valence-electron chi connectivity index (χ1n) is 4.68. The number of nitrogens with one attached hydrogen (secondary N) is 1. The van der Waals surface area contributed by atoms with E-state index in [0.29, 0.717) is 6.04 Å². The number of unbranched alkanes of at least 4 members (excludes halogenated alkanes) is 1. The van der Waals surface area contributed by atoms with Gasteiger partial charge >= 0.3 is 0 Å². The molecule has 0 radical (unpaired) electrons. The Hall–Kier alpha value is 0.270. The second-order valence-corrected chi connectivity index (χ2v) is 3.93. The van der Waals surface area contributed by atoms with E-state index in [1.165, 1.54) is 18.6 Å². The standard InChI is InChI=1S/C9H21NOS/c1-3-9(8-11)10-6-4-5-7-12-2/h9-11H,3-8H2,1-2H3/t9-/m0/s1. The summed E-state index contributed by atoms with van der Waals surface area (Å²) in [5.41, 5.74) is 0. The summed E-state index contributed by atoms with van der Waals surface area (Å²) in [5.74, 6) is 1.25. The van der Waals surface area contributed by atoms with Gasteiger partial charge in [-0.05, 0) is 37.8 Å². The number of aliphatic hydroxyl groups excluding tert-OH is 1. The fourth-order valence-electron chi connectivity index (χ4n) is 1.02. The molecule has 0 aromatic carbocycles. The third-order valence-corrected chi connectivity index (χ3v) is 2.62. The average Bonchev–Trinajstić information content (AvgIpc) is 2.11. The fourth-order valence-corrected chi connectivity index (χ4v) is 1.51. The average molecular weight is 191 g/mol. The lowest BCUT2D eigenvalue weighted by Crippen LogP contribution is -2.32. The number of thioether (sulfide) groups is 1. The highest BCUT2D eigenvalue weighted by Gasteiger charge is 2.00. The Bertz CT molecular complexity index is 86.6. The van der Waals surface area contributed by atoms with Crippen LogP contribution < -0.4 is 5.32 Å². The van der Waals surface area contributed by atoms with Crippen molar-refractivity contribution >= 4 is 11.8 Å². The van der Waals surface area contributed by atoms with E-state index in [-0.39, 0.29) is 6.61 Å². The third-order valence-electron chi connectivity index (χ3n) is 1.92. The second-order valence-electron chi connectivity index (χ2n) is 2.94. The Kier molecular flexibility index (Phi) is 9.57. The largest absolute Gasteiger partial charge is 0.395 e. The summed E-state index contributed by atoms with van der Waals surface area (Å²) in [6.07, 6.45) is 5.64. The molecular formula is C9H21NOS. The molecule has 2 nitrogen and oxygen atoms in total. The smallest absolute Gasteiger partial charge is 0.0584 e. The molecule has 0 aromatic heterocycles. The quantitative estimate of drug-likeness (QED) is 0.570. The maximum Gasteiger partial charge on any atom is 0.0584 e. The summed E-state index contributed by atoms with van der Waals surface area (Å²) in [6, 6.07) is 0.305. The van der Waals surface area contributed by atoms with Gasteiger partial charge in [0.05, 0.1) is 6.61 Å². The minimum atomic E-state index is 0.263. The highest BCUT2D eigenvalue weighted by atomic mass is 32.2. The Morgan fingerprint density at radius 1 is 1.42 bits per heavy atom. The molecular weight excluding hydrogens is 170 g/mol.